The van der Waals surface area contributed by atoms with Gasteiger partial charge in [-0.3, -0.25) is 15.6 Å². The normalized spacial score (nSPS) is 38.1. The predicted octanol–water partition coefficient (Wildman–Crippen LogP) is 0.729. The Kier molecular flexibility index (Phi) is 3.03. The molecule has 80 valence electrons. The van der Waals surface area contributed by atoms with Crippen LogP contribution in [0.3, 0.4) is 0 Å². The first-order valence-electron chi connectivity index (χ1n) is 5.44. The first-order chi connectivity index (χ1) is 6.85. The highest BCUT2D eigenvalue weighted by Crippen LogP contribution is 2.33. The fourth-order valence-corrected chi connectivity index (χ4v) is 2.56. The Morgan fingerprint density at radius 1 is 1.29 bits per heavy atom. The molecule has 1 aliphatic carbocycles. The molecular formula is C10H18N2O2. The quantitative estimate of drug-likeness (QED) is 0.642. The van der Waals surface area contributed by atoms with E-state index in [0.29, 0.717) is 6.47 Å². The largest absolute Gasteiger partial charge is 0.465 e. The maximum Gasteiger partial charge on any atom is 0.293 e. The minimum absolute atomic E-state index is 0.154. The van der Waals surface area contributed by atoms with E-state index in [1.165, 1.54) is 12.8 Å². The van der Waals surface area contributed by atoms with Gasteiger partial charge >= 0.3 is 0 Å². The van der Waals surface area contributed by atoms with Gasteiger partial charge in [-0.15, -0.1) is 0 Å². The van der Waals surface area contributed by atoms with Crippen LogP contribution in [0.5, 0.6) is 0 Å². The van der Waals surface area contributed by atoms with E-state index < -0.39 is 0 Å². The lowest BCUT2D eigenvalue weighted by molar-refractivity contribution is -0.135. The molecule has 0 unspecified atom stereocenters. The van der Waals surface area contributed by atoms with Gasteiger partial charge in [0.15, 0.2) is 0 Å². The third-order valence-electron chi connectivity index (χ3n) is 3.45. The molecule has 0 aromatic heterocycles. The highest BCUT2D eigenvalue weighted by Gasteiger charge is 2.36. The Balaban J connectivity index is 1.84. The van der Waals surface area contributed by atoms with Crippen LogP contribution in [0, 0.1) is 0 Å². The van der Waals surface area contributed by atoms with Crippen molar-refractivity contribution in [2.75, 3.05) is 6.54 Å². The summed E-state index contributed by atoms with van der Waals surface area (Å²) in [4.78, 5) is 10.2. The molecular weight excluding hydrogens is 180 g/mol. The number of ether oxygens (including phenoxy) is 1. The number of carbonyl (C=O) groups is 1. The molecule has 4 heteroatoms. The van der Waals surface area contributed by atoms with Gasteiger partial charge in [0.1, 0.15) is 6.10 Å². The molecule has 1 saturated heterocycles. The van der Waals surface area contributed by atoms with Crippen LogP contribution in [-0.2, 0) is 9.53 Å². The molecule has 0 aromatic carbocycles. The molecule has 2 fully saturated rings. The van der Waals surface area contributed by atoms with Gasteiger partial charge in [-0.1, -0.05) is 0 Å². The second-order valence-corrected chi connectivity index (χ2v) is 4.37. The highest BCUT2D eigenvalue weighted by atomic mass is 16.5. The van der Waals surface area contributed by atoms with Crippen LogP contribution in [0.25, 0.3) is 0 Å². The molecule has 1 spiro atoms. The summed E-state index contributed by atoms with van der Waals surface area (Å²) < 4.78 is 4.99. The van der Waals surface area contributed by atoms with Crippen LogP contribution in [-0.4, -0.2) is 24.7 Å². The first-order valence-corrected chi connectivity index (χ1v) is 5.44. The minimum atomic E-state index is 0.154. The van der Waals surface area contributed by atoms with Gasteiger partial charge in [0.2, 0.25) is 0 Å². The Morgan fingerprint density at radius 3 is 2.64 bits per heavy atom. The standard InChI is InChI=1S/C10H18N2O2/c13-8-14-9-2-5-10(6-3-9)4-1-7-11-12-10/h8-9,11-12H,1-7H2. The number of nitrogens with one attached hydrogen (secondary N) is 2. The molecule has 2 rings (SSSR count). The summed E-state index contributed by atoms with van der Waals surface area (Å²) in [6.07, 6.45) is 6.85. The van der Waals surface area contributed by atoms with E-state index >= 15 is 0 Å². The molecule has 4 nitrogen and oxygen atoms in total. The summed E-state index contributed by atoms with van der Waals surface area (Å²) in [7, 11) is 0. The topological polar surface area (TPSA) is 50.4 Å². The van der Waals surface area contributed by atoms with Gasteiger partial charge in [0.25, 0.3) is 6.47 Å². The molecule has 1 saturated carbocycles. The van der Waals surface area contributed by atoms with Crippen molar-refractivity contribution in [3.63, 3.8) is 0 Å². The highest BCUT2D eigenvalue weighted by molar-refractivity contribution is 5.37. The van der Waals surface area contributed by atoms with E-state index in [1.807, 2.05) is 0 Å². The van der Waals surface area contributed by atoms with Crippen LogP contribution >= 0.6 is 0 Å². The Labute approximate surface area is 84.4 Å². The smallest absolute Gasteiger partial charge is 0.293 e. The minimum Gasteiger partial charge on any atom is -0.465 e. The molecule has 1 aliphatic heterocycles. The second kappa shape index (κ2) is 4.28. The number of hydrogen-bond acceptors (Lipinski definition) is 4. The first kappa shape index (κ1) is 9.93. The van der Waals surface area contributed by atoms with E-state index in [4.69, 9.17) is 4.74 Å². The van der Waals surface area contributed by atoms with Gasteiger partial charge < -0.3 is 4.74 Å². The fraction of sp³-hybridized carbons (Fsp3) is 0.900. The molecule has 0 radical (unpaired) electrons. The Morgan fingerprint density at radius 2 is 2.07 bits per heavy atom. The second-order valence-electron chi connectivity index (χ2n) is 4.37. The van der Waals surface area contributed by atoms with Crippen molar-refractivity contribution >= 4 is 6.47 Å². The van der Waals surface area contributed by atoms with E-state index in [0.717, 1.165) is 32.2 Å². The fourth-order valence-electron chi connectivity index (χ4n) is 2.56. The summed E-state index contributed by atoms with van der Waals surface area (Å²) in [6, 6.07) is 0. The molecule has 2 aliphatic rings. The molecule has 2 N–H and O–H groups in total. The summed E-state index contributed by atoms with van der Waals surface area (Å²) in [5.74, 6) is 0. The average molecular weight is 198 g/mol. The number of hydrogen-bond donors (Lipinski definition) is 2. The van der Waals surface area contributed by atoms with Crippen molar-refractivity contribution < 1.29 is 9.53 Å². The molecule has 0 amide bonds. The van der Waals surface area contributed by atoms with Crippen molar-refractivity contribution in [2.45, 2.75) is 50.2 Å². The number of hydrazine groups is 1. The van der Waals surface area contributed by atoms with Crippen LogP contribution in [0.15, 0.2) is 0 Å². The van der Waals surface area contributed by atoms with Crippen molar-refractivity contribution in [3.05, 3.63) is 0 Å². The summed E-state index contributed by atoms with van der Waals surface area (Å²) in [5.41, 5.74) is 6.91. The van der Waals surface area contributed by atoms with E-state index in [1.54, 1.807) is 0 Å². The van der Waals surface area contributed by atoms with Gasteiger partial charge in [0, 0.05) is 12.1 Å². The summed E-state index contributed by atoms with van der Waals surface area (Å²) in [6.45, 7) is 1.64. The van der Waals surface area contributed by atoms with Crippen LogP contribution in [0.4, 0.5) is 0 Å². The molecule has 0 atom stereocenters. The van der Waals surface area contributed by atoms with E-state index in [-0.39, 0.29) is 11.6 Å². The van der Waals surface area contributed by atoms with Crippen molar-refractivity contribution in [1.82, 2.24) is 10.9 Å². The van der Waals surface area contributed by atoms with Crippen molar-refractivity contribution in [3.8, 4) is 0 Å². The Hall–Kier alpha value is -0.610. The SMILES string of the molecule is O=COC1CCC2(CCCNN2)CC1. The van der Waals surface area contributed by atoms with Gasteiger partial charge in [-0.25, -0.2) is 0 Å². The summed E-state index contributed by atoms with van der Waals surface area (Å²) in [5, 5.41) is 0. The number of rotatable bonds is 2. The third kappa shape index (κ3) is 2.07. The van der Waals surface area contributed by atoms with Gasteiger partial charge in [-0.2, -0.15) is 0 Å². The van der Waals surface area contributed by atoms with Crippen LogP contribution in [0.1, 0.15) is 38.5 Å². The third-order valence-corrected chi connectivity index (χ3v) is 3.45. The maximum atomic E-state index is 10.2. The average Bonchev–Trinajstić information content (AvgIpc) is 2.24. The molecule has 14 heavy (non-hydrogen) atoms. The molecule has 0 aromatic rings. The van der Waals surface area contributed by atoms with Crippen molar-refractivity contribution in [1.29, 1.82) is 0 Å². The monoisotopic (exact) mass is 198 g/mol. The zero-order valence-corrected chi connectivity index (χ0v) is 8.42. The van der Waals surface area contributed by atoms with E-state index in [2.05, 4.69) is 10.9 Å². The maximum absolute atomic E-state index is 10.2. The van der Waals surface area contributed by atoms with Crippen LogP contribution < -0.4 is 10.9 Å². The van der Waals surface area contributed by atoms with Crippen LogP contribution in [0.2, 0.25) is 0 Å². The van der Waals surface area contributed by atoms with Crippen molar-refractivity contribution in [2.24, 2.45) is 0 Å². The lowest BCUT2D eigenvalue weighted by Gasteiger charge is -2.43. The summed E-state index contributed by atoms with van der Waals surface area (Å²) >= 11 is 0. The molecule has 1 heterocycles. The Bertz CT molecular complexity index is 192. The van der Waals surface area contributed by atoms with Gasteiger partial charge in [0.05, 0.1) is 0 Å². The van der Waals surface area contributed by atoms with E-state index in [9.17, 15) is 4.79 Å². The zero-order valence-electron chi connectivity index (χ0n) is 8.42. The number of carbonyl (C=O) groups excluding carboxylic acids is 1. The predicted molar refractivity (Wildman–Crippen MR) is 52.5 cm³/mol. The van der Waals surface area contributed by atoms with Gasteiger partial charge in [-0.05, 0) is 38.5 Å². The lowest BCUT2D eigenvalue weighted by atomic mass is 9.77. The molecule has 0 bridgehead atoms. The lowest BCUT2D eigenvalue weighted by Crippen LogP contribution is -2.58. The zero-order chi connectivity index (χ0) is 9.86.